The van der Waals surface area contributed by atoms with Gasteiger partial charge in [0.05, 0.1) is 18.3 Å². The van der Waals surface area contributed by atoms with E-state index in [1.54, 1.807) is 13.8 Å². The maximum atomic E-state index is 12.4. The number of carbonyl (C=O) groups excluding carboxylic acids is 1. The number of hydrogen-bond donors (Lipinski definition) is 3. The molecular weight excluding hydrogens is 332 g/mol. The minimum atomic E-state index is -1.18. The number of para-hydroxylation sites is 1. The number of rotatable bonds is 6. The summed E-state index contributed by atoms with van der Waals surface area (Å²) in [5, 5.41) is 17.1. The van der Waals surface area contributed by atoms with E-state index < -0.39 is 11.5 Å². The molecule has 1 amide bonds. The lowest BCUT2D eigenvalue weighted by molar-refractivity contribution is -0.146. The molecule has 7 heteroatoms. The van der Waals surface area contributed by atoms with E-state index in [4.69, 9.17) is 0 Å². The van der Waals surface area contributed by atoms with Gasteiger partial charge in [0, 0.05) is 23.3 Å². The van der Waals surface area contributed by atoms with E-state index in [1.165, 1.54) is 22.6 Å². The van der Waals surface area contributed by atoms with Crippen LogP contribution < -0.4 is 5.32 Å². The van der Waals surface area contributed by atoms with Crippen molar-refractivity contribution in [3.63, 3.8) is 0 Å². The molecule has 0 aliphatic carbocycles. The van der Waals surface area contributed by atoms with Gasteiger partial charge >= 0.3 is 5.97 Å². The van der Waals surface area contributed by atoms with E-state index >= 15 is 0 Å². The minimum Gasteiger partial charge on any atom is -0.479 e. The molecule has 0 aliphatic heterocycles. The standard InChI is InChI=1S/C19H22N4O3/c1-4-12-6-5-7-15-13(9-20-17(12)15)8-16(24)22-14-10-21-23(11-14)19(2,3)18(25)26/h5-7,9-11,20H,4,8H2,1-3H3,(H,22,24)(H,25,26). The lowest BCUT2D eigenvalue weighted by Crippen LogP contribution is -2.35. The van der Waals surface area contributed by atoms with Crippen molar-refractivity contribution in [2.75, 3.05) is 5.32 Å². The number of nitrogens with zero attached hydrogens (tertiary/aromatic N) is 2. The van der Waals surface area contributed by atoms with Gasteiger partial charge in [0.1, 0.15) is 0 Å². The number of hydrogen-bond acceptors (Lipinski definition) is 3. The van der Waals surface area contributed by atoms with Gasteiger partial charge in [-0.05, 0) is 31.4 Å². The third-order valence-electron chi connectivity index (χ3n) is 4.58. The molecule has 0 fully saturated rings. The summed E-state index contributed by atoms with van der Waals surface area (Å²) in [6, 6.07) is 6.07. The number of fused-ring (bicyclic) bond motifs is 1. The SMILES string of the molecule is CCc1cccc2c(CC(=O)Nc3cnn(C(C)(C)C(=O)O)c3)c[nH]c12. The molecule has 3 N–H and O–H groups in total. The number of H-pyrrole nitrogens is 1. The first-order valence-electron chi connectivity index (χ1n) is 8.49. The molecule has 7 nitrogen and oxygen atoms in total. The number of carboxylic acids is 1. The van der Waals surface area contributed by atoms with Crippen LogP contribution in [-0.2, 0) is 28.0 Å². The van der Waals surface area contributed by atoms with Crippen molar-refractivity contribution < 1.29 is 14.7 Å². The molecule has 0 saturated carbocycles. The lowest BCUT2D eigenvalue weighted by Gasteiger charge is -2.19. The van der Waals surface area contributed by atoms with Gasteiger partial charge < -0.3 is 15.4 Å². The van der Waals surface area contributed by atoms with Gasteiger partial charge in [-0.3, -0.25) is 9.48 Å². The molecule has 1 aromatic carbocycles. The van der Waals surface area contributed by atoms with Crippen LogP contribution in [0.5, 0.6) is 0 Å². The largest absolute Gasteiger partial charge is 0.479 e. The van der Waals surface area contributed by atoms with Gasteiger partial charge in [0.15, 0.2) is 5.54 Å². The van der Waals surface area contributed by atoms with Crippen molar-refractivity contribution in [3.05, 3.63) is 47.9 Å². The third-order valence-corrected chi connectivity index (χ3v) is 4.58. The molecule has 2 aromatic heterocycles. The molecule has 0 spiro atoms. The van der Waals surface area contributed by atoms with Crippen LogP contribution in [0.3, 0.4) is 0 Å². The van der Waals surface area contributed by atoms with Crippen molar-refractivity contribution in [1.29, 1.82) is 0 Å². The number of aliphatic carboxylic acids is 1. The number of benzene rings is 1. The van der Waals surface area contributed by atoms with Crippen molar-refractivity contribution in [2.24, 2.45) is 0 Å². The summed E-state index contributed by atoms with van der Waals surface area (Å²) in [6.45, 7) is 5.19. The van der Waals surface area contributed by atoms with Gasteiger partial charge in [-0.2, -0.15) is 5.10 Å². The predicted octanol–water partition coefficient (Wildman–Crippen LogP) is 2.93. The number of aromatic nitrogens is 3. The molecular formula is C19H22N4O3. The maximum Gasteiger partial charge on any atom is 0.331 e. The van der Waals surface area contributed by atoms with Gasteiger partial charge in [0.25, 0.3) is 0 Å². The highest BCUT2D eigenvalue weighted by Crippen LogP contribution is 2.23. The molecule has 136 valence electrons. The number of aryl methyl sites for hydroxylation is 1. The van der Waals surface area contributed by atoms with Crippen LogP contribution in [0.4, 0.5) is 5.69 Å². The Balaban J connectivity index is 1.74. The fraction of sp³-hybridized carbons (Fsp3) is 0.316. The van der Waals surface area contributed by atoms with Crippen LogP contribution in [0.2, 0.25) is 0 Å². The Morgan fingerprint density at radius 3 is 2.77 bits per heavy atom. The summed E-state index contributed by atoms with van der Waals surface area (Å²) >= 11 is 0. The normalized spacial score (nSPS) is 11.7. The molecule has 0 unspecified atom stereocenters. The second-order valence-corrected chi connectivity index (χ2v) is 6.77. The zero-order valence-electron chi connectivity index (χ0n) is 15.0. The number of amides is 1. The zero-order chi connectivity index (χ0) is 18.9. The summed E-state index contributed by atoms with van der Waals surface area (Å²) in [5.74, 6) is -1.18. The highest BCUT2D eigenvalue weighted by molar-refractivity contribution is 5.96. The fourth-order valence-electron chi connectivity index (χ4n) is 2.89. The van der Waals surface area contributed by atoms with Crippen LogP contribution in [0.25, 0.3) is 10.9 Å². The van der Waals surface area contributed by atoms with Crippen LogP contribution in [0.1, 0.15) is 31.9 Å². The second kappa shape index (κ2) is 6.67. The molecule has 0 radical (unpaired) electrons. The molecule has 3 rings (SSSR count). The van der Waals surface area contributed by atoms with Gasteiger partial charge in [0.2, 0.25) is 5.91 Å². The van der Waals surface area contributed by atoms with Crippen molar-refractivity contribution in [1.82, 2.24) is 14.8 Å². The minimum absolute atomic E-state index is 0.180. The molecule has 3 aromatic rings. The van der Waals surface area contributed by atoms with E-state index in [0.29, 0.717) is 5.69 Å². The highest BCUT2D eigenvalue weighted by Gasteiger charge is 2.30. The lowest BCUT2D eigenvalue weighted by atomic mass is 10.1. The summed E-state index contributed by atoms with van der Waals surface area (Å²) in [7, 11) is 0. The average molecular weight is 354 g/mol. The molecule has 0 bridgehead atoms. The van der Waals surface area contributed by atoms with Crippen molar-refractivity contribution in [2.45, 2.75) is 39.2 Å². The Morgan fingerprint density at radius 1 is 1.31 bits per heavy atom. The summed E-state index contributed by atoms with van der Waals surface area (Å²) in [5.41, 5.74) is 2.49. The predicted molar refractivity (Wildman–Crippen MR) is 99.2 cm³/mol. The summed E-state index contributed by atoms with van der Waals surface area (Å²) < 4.78 is 1.32. The molecule has 2 heterocycles. The highest BCUT2D eigenvalue weighted by atomic mass is 16.4. The number of nitrogens with one attached hydrogen (secondary N) is 2. The third kappa shape index (κ3) is 3.20. The monoisotopic (exact) mass is 354 g/mol. The van der Waals surface area contributed by atoms with Crippen molar-refractivity contribution in [3.8, 4) is 0 Å². The molecule has 0 atom stereocenters. The van der Waals surface area contributed by atoms with E-state index in [-0.39, 0.29) is 12.3 Å². The Morgan fingerprint density at radius 2 is 2.08 bits per heavy atom. The fourth-order valence-corrected chi connectivity index (χ4v) is 2.89. The summed E-state index contributed by atoms with van der Waals surface area (Å²) in [6.07, 6.45) is 5.98. The van der Waals surface area contributed by atoms with Gasteiger partial charge in [-0.1, -0.05) is 25.1 Å². The van der Waals surface area contributed by atoms with E-state index in [2.05, 4.69) is 28.4 Å². The van der Waals surface area contributed by atoms with E-state index in [0.717, 1.165) is 22.9 Å². The first-order valence-corrected chi connectivity index (χ1v) is 8.49. The average Bonchev–Trinajstić information content (AvgIpc) is 3.22. The second-order valence-electron chi connectivity index (χ2n) is 6.77. The van der Waals surface area contributed by atoms with E-state index in [9.17, 15) is 14.7 Å². The first-order chi connectivity index (χ1) is 12.3. The van der Waals surface area contributed by atoms with Crippen LogP contribution in [-0.4, -0.2) is 31.7 Å². The zero-order valence-corrected chi connectivity index (χ0v) is 15.0. The van der Waals surface area contributed by atoms with Crippen LogP contribution >= 0.6 is 0 Å². The van der Waals surface area contributed by atoms with Crippen molar-refractivity contribution >= 4 is 28.5 Å². The van der Waals surface area contributed by atoms with E-state index in [1.807, 2.05) is 18.3 Å². The Bertz CT molecular complexity index is 968. The molecule has 0 aliphatic rings. The number of anilines is 1. The van der Waals surface area contributed by atoms with Crippen LogP contribution in [0, 0.1) is 0 Å². The molecule has 26 heavy (non-hydrogen) atoms. The quantitative estimate of drug-likeness (QED) is 0.633. The number of carboxylic acid groups (broad SMARTS) is 1. The smallest absolute Gasteiger partial charge is 0.331 e. The van der Waals surface area contributed by atoms with Gasteiger partial charge in [-0.25, -0.2) is 4.79 Å². The molecule has 0 saturated heterocycles. The maximum absolute atomic E-state index is 12.4. The Labute approximate surface area is 151 Å². The van der Waals surface area contributed by atoms with Crippen LogP contribution in [0.15, 0.2) is 36.8 Å². The number of carbonyl (C=O) groups is 2. The van der Waals surface area contributed by atoms with Gasteiger partial charge in [-0.15, -0.1) is 0 Å². The number of aromatic amines is 1. The first kappa shape index (κ1) is 17.7. The summed E-state index contributed by atoms with van der Waals surface area (Å²) in [4.78, 5) is 26.9. The Hall–Kier alpha value is -3.09. The Kier molecular flexibility index (Phi) is 4.54. The topological polar surface area (TPSA) is 100 Å².